The zero-order valence-corrected chi connectivity index (χ0v) is 10.6. The molecule has 5 nitrogen and oxygen atoms in total. The van der Waals surface area contributed by atoms with Crippen molar-refractivity contribution in [2.45, 2.75) is 18.4 Å². The van der Waals surface area contributed by atoms with Gasteiger partial charge < -0.3 is 14.8 Å². The number of nitrogens with zero attached hydrogens (tertiary/aromatic N) is 3. The number of rotatable bonds is 6. The largest absolute Gasteiger partial charge is 0.396 e. The Bertz CT molecular complexity index is 485. The van der Waals surface area contributed by atoms with Crippen molar-refractivity contribution in [1.82, 2.24) is 14.4 Å². The number of anilines is 1. The second-order valence-electron chi connectivity index (χ2n) is 3.59. The van der Waals surface area contributed by atoms with E-state index in [1.807, 2.05) is 16.8 Å². The van der Waals surface area contributed by atoms with Crippen LogP contribution in [-0.2, 0) is 0 Å². The van der Waals surface area contributed by atoms with Crippen molar-refractivity contribution in [3.8, 4) is 0 Å². The lowest BCUT2D eigenvalue weighted by molar-refractivity contribution is 0.322. The summed E-state index contributed by atoms with van der Waals surface area (Å²) in [6.45, 7) is 3.16. The first-order valence-electron chi connectivity index (χ1n) is 5.66. The van der Waals surface area contributed by atoms with Gasteiger partial charge in [0.2, 0.25) is 0 Å². The Kier molecular flexibility index (Phi) is 4.22. The van der Waals surface area contributed by atoms with Crippen LogP contribution in [-0.4, -0.2) is 38.4 Å². The standard InChI is InChI=1S/C11H16N4OS/c1-2-3-12-9-8-15-5-4-13-10(15)11(14-9)17-7-6-16/h4-5,8,12,16H,2-3,6-7H2,1H3. The smallest absolute Gasteiger partial charge is 0.169 e. The maximum Gasteiger partial charge on any atom is 0.169 e. The van der Waals surface area contributed by atoms with Crippen molar-refractivity contribution < 1.29 is 5.11 Å². The monoisotopic (exact) mass is 252 g/mol. The topological polar surface area (TPSA) is 62.5 Å². The molecule has 0 aromatic carbocycles. The summed E-state index contributed by atoms with van der Waals surface area (Å²) in [6, 6.07) is 0. The fourth-order valence-corrected chi connectivity index (χ4v) is 2.22. The van der Waals surface area contributed by atoms with E-state index < -0.39 is 0 Å². The molecule has 92 valence electrons. The zero-order chi connectivity index (χ0) is 12.1. The average molecular weight is 252 g/mol. The van der Waals surface area contributed by atoms with E-state index >= 15 is 0 Å². The van der Waals surface area contributed by atoms with Crippen LogP contribution in [0.5, 0.6) is 0 Å². The predicted molar refractivity (Wildman–Crippen MR) is 69.6 cm³/mol. The number of aromatic nitrogens is 3. The summed E-state index contributed by atoms with van der Waals surface area (Å²) in [5.41, 5.74) is 0.838. The van der Waals surface area contributed by atoms with Gasteiger partial charge >= 0.3 is 0 Å². The number of thioether (sulfide) groups is 1. The fourth-order valence-electron chi connectivity index (χ4n) is 1.48. The minimum atomic E-state index is 0.145. The van der Waals surface area contributed by atoms with Gasteiger partial charge in [0.05, 0.1) is 12.8 Å². The number of aliphatic hydroxyl groups is 1. The van der Waals surface area contributed by atoms with Gasteiger partial charge in [-0.05, 0) is 6.42 Å². The normalized spacial score (nSPS) is 10.9. The molecule has 0 radical (unpaired) electrons. The zero-order valence-electron chi connectivity index (χ0n) is 9.76. The highest BCUT2D eigenvalue weighted by Gasteiger charge is 2.07. The van der Waals surface area contributed by atoms with Crippen molar-refractivity contribution in [3.05, 3.63) is 18.6 Å². The van der Waals surface area contributed by atoms with E-state index in [-0.39, 0.29) is 6.61 Å². The summed E-state index contributed by atoms with van der Waals surface area (Å²) in [6.07, 6.45) is 6.64. The van der Waals surface area contributed by atoms with Crippen LogP contribution in [0.1, 0.15) is 13.3 Å². The summed E-state index contributed by atoms with van der Waals surface area (Å²) < 4.78 is 1.95. The molecule has 2 aromatic heterocycles. The number of fused-ring (bicyclic) bond motifs is 1. The Morgan fingerprint density at radius 2 is 2.41 bits per heavy atom. The molecule has 0 amide bonds. The van der Waals surface area contributed by atoms with Gasteiger partial charge in [-0.25, -0.2) is 9.97 Å². The van der Waals surface area contributed by atoms with Gasteiger partial charge in [-0.2, -0.15) is 0 Å². The minimum absolute atomic E-state index is 0.145. The molecule has 0 saturated carbocycles. The van der Waals surface area contributed by atoms with Crippen LogP contribution < -0.4 is 5.32 Å². The van der Waals surface area contributed by atoms with Crippen LogP contribution in [0, 0.1) is 0 Å². The number of hydrogen-bond donors (Lipinski definition) is 2. The van der Waals surface area contributed by atoms with Gasteiger partial charge in [0.25, 0.3) is 0 Å². The molecule has 0 atom stereocenters. The number of aliphatic hydroxyl groups excluding tert-OH is 1. The van der Waals surface area contributed by atoms with Crippen LogP contribution in [0.25, 0.3) is 5.65 Å². The number of hydrogen-bond acceptors (Lipinski definition) is 5. The second kappa shape index (κ2) is 5.88. The third-order valence-electron chi connectivity index (χ3n) is 2.23. The van der Waals surface area contributed by atoms with E-state index in [0.29, 0.717) is 5.75 Å². The molecule has 2 N–H and O–H groups in total. The van der Waals surface area contributed by atoms with Crippen molar-refractivity contribution in [2.75, 3.05) is 24.2 Å². The number of nitrogens with one attached hydrogen (secondary N) is 1. The lowest BCUT2D eigenvalue weighted by Gasteiger charge is -2.07. The molecule has 6 heteroatoms. The Labute approximate surface area is 104 Å². The fraction of sp³-hybridized carbons (Fsp3) is 0.455. The minimum Gasteiger partial charge on any atom is -0.396 e. The molecule has 0 aliphatic heterocycles. The maximum absolute atomic E-state index is 8.87. The molecule has 2 aromatic rings. The number of imidazole rings is 1. The van der Waals surface area contributed by atoms with Crippen LogP contribution in [0.15, 0.2) is 23.6 Å². The van der Waals surface area contributed by atoms with Crippen molar-refractivity contribution in [2.24, 2.45) is 0 Å². The molecule has 0 aliphatic carbocycles. The summed E-state index contributed by atoms with van der Waals surface area (Å²) in [5.74, 6) is 1.48. The Balaban J connectivity index is 2.29. The van der Waals surface area contributed by atoms with E-state index in [0.717, 1.165) is 29.5 Å². The third-order valence-corrected chi connectivity index (χ3v) is 3.16. The summed E-state index contributed by atoms with van der Waals surface area (Å²) in [7, 11) is 0. The molecule has 0 fully saturated rings. The first-order chi connectivity index (χ1) is 8.35. The highest BCUT2D eigenvalue weighted by molar-refractivity contribution is 7.99. The molecule has 0 spiro atoms. The van der Waals surface area contributed by atoms with Gasteiger partial charge in [0, 0.05) is 24.7 Å². The molecular weight excluding hydrogens is 236 g/mol. The lowest BCUT2D eigenvalue weighted by Crippen LogP contribution is -2.04. The van der Waals surface area contributed by atoms with Gasteiger partial charge in [-0.15, -0.1) is 11.8 Å². The van der Waals surface area contributed by atoms with Crippen molar-refractivity contribution in [3.63, 3.8) is 0 Å². The van der Waals surface area contributed by atoms with Gasteiger partial charge in [-0.1, -0.05) is 6.92 Å². The van der Waals surface area contributed by atoms with E-state index in [9.17, 15) is 0 Å². The Morgan fingerprint density at radius 1 is 1.53 bits per heavy atom. The van der Waals surface area contributed by atoms with E-state index in [4.69, 9.17) is 5.11 Å². The van der Waals surface area contributed by atoms with Gasteiger partial charge in [-0.3, -0.25) is 0 Å². The van der Waals surface area contributed by atoms with Crippen LogP contribution in [0.4, 0.5) is 5.82 Å². The molecule has 2 heterocycles. The molecule has 0 bridgehead atoms. The molecule has 0 unspecified atom stereocenters. The van der Waals surface area contributed by atoms with Crippen LogP contribution in [0.3, 0.4) is 0 Å². The van der Waals surface area contributed by atoms with Crippen LogP contribution in [0.2, 0.25) is 0 Å². The summed E-state index contributed by atoms with van der Waals surface area (Å²) >= 11 is 1.52. The molecule has 0 aliphatic rings. The Morgan fingerprint density at radius 3 is 3.18 bits per heavy atom. The van der Waals surface area contributed by atoms with Crippen molar-refractivity contribution in [1.29, 1.82) is 0 Å². The molecule has 0 saturated heterocycles. The lowest BCUT2D eigenvalue weighted by atomic mass is 10.5. The quantitative estimate of drug-likeness (QED) is 0.765. The third kappa shape index (κ3) is 2.89. The summed E-state index contributed by atoms with van der Waals surface area (Å²) in [5, 5.41) is 13.0. The first kappa shape index (κ1) is 12.2. The maximum atomic E-state index is 8.87. The first-order valence-corrected chi connectivity index (χ1v) is 6.65. The van der Waals surface area contributed by atoms with E-state index in [1.165, 1.54) is 11.8 Å². The van der Waals surface area contributed by atoms with Crippen LogP contribution >= 0.6 is 11.8 Å². The van der Waals surface area contributed by atoms with Crippen molar-refractivity contribution >= 4 is 23.2 Å². The molecule has 17 heavy (non-hydrogen) atoms. The average Bonchev–Trinajstić information content (AvgIpc) is 2.81. The predicted octanol–water partition coefficient (Wildman–Crippen LogP) is 1.64. The highest BCUT2D eigenvalue weighted by Crippen LogP contribution is 2.22. The Hall–Kier alpha value is -1.27. The summed E-state index contributed by atoms with van der Waals surface area (Å²) in [4.78, 5) is 8.77. The van der Waals surface area contributed by atoms with Gasteiger partial charge in [0.1, 0.15) is 10.8 Å². The van der Waals surface area contributed by atoms with E-state index in [2.05, 4.69) is 22.2 Å². The highest BCUT2D eigenvalue weighted by atomic mass is 32.2. The molecule has 2 rings (SSSR count). The van der Waals surface area contributed by atoms with Gasteiger partial charge in [0.15, 0.2) is 5.65 Å². The van der Waals surface area contributed by atoms with E-state index in [1.54, 1.807) is 6.20 Å². The SMILES string of the molecule is CCCNc1cn2ccnc2c(SCCO)n1. The second-order valence-corrected chi connectivity index (χ2v) is 4.67. The molecular formula is C11H16N4OS.